The number of nitrogens with zero attached hydrogens (tertiary/aromatic N) is 3. The van der Waals surface area contributed by atoms with Gasteiger partial charge in [0.2, 0.25) is 15.9 Å². The summed E-state index contributed by atoms with van der Waals surface area (Å²) in [5, 5.41) is 12.0. The van der Waals surface area contributed by atoms with Crippen molar-refractivity contribution in [1.82, 2.24) is 20.0 Å². The third-order valence-corrected chi connectivity index (χ3v) is 4.34. The van der Waals surface area contributed by atoms with Crippen LogP contribution in [0.1, 0.15) is 32.2 Å². The van der Waals surface area contributed by atoms with Crippen LogP contribution in [0.5, 0.6) is 0 Å². The fourth-order valence-electron chi connectivity index (χ4n) is 2.49. The van der Waals surface area contributed by atoms with Gasteiger partial charge in [0, 0.05) is 13.6 Å². The highest BCUT2D eigenvalue weighted by Crippen LogP contribution is 2.17. The molecular weight excluding hydrogens is 318 g/mol. The van der Waals surface area contributed by atoms with E-state index in [1.54, 1.807) is 14.0 Å². The van der Waals surface area contributed by atoms with Crippen LogP contribution in [0.15, 0.2) is 4.90 Å². The molecule has 3 N–H and O–H groups in total. The average molecular weight is 345 g/mol. The van der Waals surface area contributed by atoms with Crippen molar-refractivity contribution >= 4 is 15.9 Å². The van der Waals surface area contributed by atoms with Crippen molar-refractivity contribution in [3.8, 4) is 0 Å². The maximum atomic E-state index is 12.0. The number of carbonyl (C=O) groups is 1. The van der Waals surface area contributed by atoms with Crippen LogP contribution in [0, 0.1) is 12.3 Å². The Morgan fingerprint density at radius 1 is 1.39 bits per heavy atom. The largest absolute Gasteiger partial charge is 0.349 e. The molecule has 0 bridgehead atoms. The maximum Gasteiger partial charge on any atom is 0.241 e. The van der Waals surface area contributed by atoms with E-state index < -0.39 is 10.0 Å². The number of carbonyl (C=O) groups excluding carboxylic acids is 1. The van der Waals surface area contributed by atoms with Crippen LogP contribution < -0.4 is 10.5 Å². The van der Waals surface area contributed by atoms with Crippen LogP contribution in [0.25, 0.3) is 0 Å². The van der Waals surface area contributed by atoms with Gasteiger partial charge >= 0.3 is 0 Å². The molecule has 0 fully saturated rings. The zero-order chi connectivity index (χ0) is 18.0. The molecule has 0 spiro atoms. The number of nitrogens with one attached hydrogen (secondary N) is 1. The lowest BCUT2D eigenvalue weighted by atomic mass is 9.96. The third-order valence-electron chi connectivity index (χ3n) is 3.24. The van der Waals surface area contributed by atoms with E-state index in [1.165, 1.54) is 4.68 Å². The number of amides is 1. The second-order valence-electron chi connectivity index (χ2n) is 7.04. The molecule has 23 heavy (non-hydrogen) atoms. The maximum absolute atomic E-state index is 12.0. The van der Waals surface area contributed by atoms with Crippen LogP contribution in [-0.4, -0.2) is 49.1 Å². The van der Waals surface area contributed by atoms with Gasteiger partial charge in [0.1, 0.15) is 10.6 Å². The van der Waals surface area contributed by atoms with E-state index in [4.69, 9.17) is 5.14 Å². The minimum atomic E-state index is -3.88. The van der Waals surface area contributed by atoms with Crippen molar-refractivity contribution in [2.75, 3.05) is 20.1 Å². The summed E-state index contributed by atoms with van der Waals surface area (Å²) in [6.07, 6.45) is 0. The van der Waals surface area contributed by atoms with Gasteiger partial charge < -0.3 is 5.32 Å². The molecule has 1 amide bonds. The van der Waals surface area contributed by atoms with Crippen molar-refractivity contribution in [3.05, 3.63) is 11.4 Å². The number of aromatic nitrogens is 2. The lowest BCUT2D eigenvalue weighted by Crippen LogP contribution is -2.38. The Labute approximate surface area is 138 Å². The van der Waals surface area contributed by atoms with E-state index >= 15 is 0 Å². The summed E-state index contributed by atoms with van der Waals surface area (Å²) in [7, 11) is -0.385. The number of rotatable bonds is 6. The number of sulfonamides is 1. The zero-order valence-corrected chi connectivity index (χ0v) is 15.5. The van der Waals surface area contributed by atoms with Crippen LogP contribution in [-0.2, 0) is 28.4 Å². The predicted molar refractivity (Wildman–Crippen MR) is 88.1 cm³/mol. The second kappa shape index (κ2) is 6.98. The van der Waals surface area contributed by atoms with Crippen molar-refractivity contribution in [2.24, 2.45) is 17.6 Å². The molecule has 0 saturated heterocycles. The number of likely N-dealkylation sites (N-methyl/N-ethyl adjacent to an activating group) is 1. The summed E-state index contributed by atoms with van der Waals surface area (Å²) in [5.41, 5.74) is 0.786. The monoisotopic (exact) mass is 345 g/mol. The Kier molecular flexibility index (Phi) is 5.95. The lowest BCUT2D eigenvalue weighted by Gasteiger charge is -2.25. The SMILES string of the molecule is Cc1c(S(N)(=O)=O)c(CNC(=O)CN(C)CC(C)(C)C)nn1C. The quantitative estimate of drug-likeness (QED) is 0.752. The minimum absolute atomic E-state index is 0.0234. The fraction of sp³-hybridized carbons (Fsp3) is 0.714. The first-order valence-electron chi connectivity index (χ1n) is 7.32. The van der Waals surface area contributed by atoms with Gasteiger partial charge in [-0.1, -0.05) is 20.8 Å². The molecule has 0 unspecified atom stereocenters. The summed E-state index contributed by atoms with van der Waals surface area (Å²) < 4.78 is 24.8. The molecule has 0 aliphatic carbocycles. The van der Waals surface area contributed by atoms with Crippen molar-refractivity contribution in [3.63, 3.8) is 0 Å². The van der Waals surface area contributed by atoms with Crippen molar-refractivity contribution in [1.29, 1.82) is 0 Å². The average Bonchev–Trinajstić information content (AvgIpc) is 2.59. The van der Waals surface area contributed by atoms with Crippen LogP contribution >= 0.6 is 0 Å². The van der Waals surface area contributed by atoms with Gasteiger partial charge in [0.25, 0.3) is 0 Å². The molecule has 1 heterocycles. The predicted octanol–water partition coefficient (Wildman–Crippen LogP) is -0.0300. The van der Waals surface area contributed by atoms with Gasteiger partial charge in [0.05, 0.1) is 18.8 Å². The van der Waals surface area contributed by atoms with Gasteiger partial charge in [0.15, 0.2) is 0 Å². The first-order valence-corrected chi connectivity index (χ1v) is 8.86. The van der Waals surface area contributed by atoms with Gasteiger partial charge in [-0.2, -0.15) is 5.10 Å². The molecule has 1 aromatic heterocycles. The first-order chi connectivity index (χ1) is 10.3. The second-order valence-corrected chi connectivity index (χ2v) is 8.54. The topological polar surface area (TPSA) is 110 Å². The Balaban J connectivity index is 2.73. The molecule has 8 nitrogen and oxygen atoms in total. The number of nitrogens with two attached hydrogens (primary N) is 1. The molecule has 9 heteroatoms. The molecule has 0 aromatic carbocycles. The molecule has 1 rings (SSSR count). The zero-order valence-electron chi connectivity index (χ0n) is 14.7. The minimum Gasteiger partial charge on any atom is -0.349 e. The number of hydrogen-bond donors (Lipinski definition) is 2. The van der Waals surface area contributed by atoms with E-state index in [2.05, 4.69) is 31.2 Å². The Morgan fingerprint density at radius 3 is 2.43 bits per heavy atom. The molecular formula is C14H27N5O3S. The van der Waals surface area contributed by atoms with E-state index in [1.807, 2.05) is 11.9 Å². The van der Waals surface area contributed by atoms with Crippen LogP contribution in [0.2, 0.25) is 0 Å². The summed E-state index contributed by atoms with van der Waals surface area (Å²) in [6.45, 7) is 8.92. The molecule has 1 aromatic rings. The summed E-state index contributed by atoms with van der Waals surface area (Å²) in [5.74, 6) is -0.194. The van der Waals surface area contributed by atoms with Gasteiger partial charge in [-0.05, 0) is 19.4 Å². The highest BCUT2D eigenvalue weighted by Gasteiger charge is 2.23. The Morgan fingerprint density at radius 2 is 1.96 bits per heavy atom. The fourth-order valence-corrected chi connectivity index (χ4v) is 3.48. The summed E-state index contributed by atoms with van der Waals surface area (Å²) in [4.78, 5) is 13.9. The number of aryl methyl sites for hydroxylation is 1. The molecule has 132 valence electrons. The number of hydrogen-bond acceptors (Lipinski definition) is 5. The van der Waals surface area contributed by atoms with Gasteiger partial charge in [-0.3, -0.25) is 14.4 Å². The highest BCUT2D eigenvalue weighted by atomic mass is 32.2. The van der Waals surface area contributed by atoms with E-state index in [0.717, 1.165) is 6.54 Å². The van der Waals surface area contributed by atoms with Gasteiger partial charge in [-0.15, -0.1) is 0 Å². The number of primary sulfonamides is 1. The summed E-state index contributed by atoms with van der Waals surface area (Å²) in [6, 6.07) is 0. The molecule has 0 saturated carbocycles. The molecule has 0 atom stereocenters. The Hall–Kier alpha value is -1.45. The van der Waals surface area contributed by atoms with E-state index in [-0.39, 0.29) is 35.0 Å². The summed E-state index contributed by atoms with van der Waals surface area (Å²) >= 11 is 0. The standard InChI is InChI=1S/C14H27N5O3S/c1-10-13(23(15,21)22)11(17-19(10)6)7-16-12(20)8-18(5)9-14(2,3)4/h7-9H2,1-6H3,(H,16,20)(H2,15,21,22). The smallest absolute Gasteiger partial charge is 0.241 e. The first kappa shape index (κ1) is 19.6. The van der Waals surface area contributed by atoms with Gasteiger partial charge in [-0.25, -0.2) is 13.6 Å². The lowest BCUT2D eigenvalue weighted by molar-refractivity contribution is -0.122. The normalized spacial score (nSPS) is 12.7. The van der Waals surface area contributed by atoms with Crippen LogP contribution in [0.4, 0.5) is 0 Å². The molecule has 0 radical (unpaired) electrons. The van der Waals surface area contributed by atoms with E-state index in [0.29, 0.717) is 5.69 Å². The molecule has 0 aliphatic rings. The van der Waals surface area contributed by atoms with Crippen molar-refractivity contribution in [2.45, 2.75) is 39.1 Å². The van der Waals surface area contributed by atoms with Crippen molar-refractivity contribution < 1.29 is 13.2 Å². The highest BCUT2D eigenvalue weighted by molar-refractivity contribution is 7.89. The van der Waals surface area contributed by atoms with E-state index in [9.17, 15) is 13.2 Å². The Bertz CT molecular complexity index is 673. The molecule has 0 aliphatic heterocycles. The van der Waals surface area contributed by atoms with Crippen LogP contribution in [0.3, 0.4) is 0 Å². The third kappa shape index (κ3) is 5.92.